The van der Waals surface area contributed by atoms with Crippen molar-refractivity contribution >= 4 is 5.91 Å². The number of rotatable bonds is 3. The summed E-state index contributed by atoms with van der Waals surface area (Å²) < 4.78 is 0. The minimum atomic E-state index is 0.231. The lowest BCUT2D eigenvalue weighted by Gasteiger charge is -2.30. The van der Waals surface area contributed by atoms with Gasteiger partial charge in [-0.1, -0.05) is 0 Å². The van der Waals surface area contributed by atoms with E-state index in [2.05, 4.69) is 15.3 Å². The lowest BCUT2D eigenvalue weighted by molar-refractivity contribution is -0.132. The number of likely N-dealkylation sites (N-methyl/N-ethyl adjacent to an activating group) is 1. The first-order valence-corrected chi connectivity index (χ1v) is 5.49. The van der Waals surface area contributed by atoms with Gasteiger partial charge in [0.2, 0.25) is 5.91 Å². The highest BCUT2D eigenvalue weighted by Crippen LogP contribution is 2.09. The van der Waals surface area contributed by atoms with E-state index >= 15 is 0 Å². The molecular formula is C11H16N4O. The first kappa shape index (κ1) is 11.0. The molecule has 86 valence electrons. The van der Waals surface area contributed by atoms with Gasteiger partial charge in [-0.3, -0.25) is 4.79 Å². The Morgan fingerprint density at radius 3 is 2.94 bits per heavy atom. The summed E-state index contributed by atoms with van der Waals surface area (Å²) in [6, 6.07) is 2.16. The monoisotopic (exact) mass is 220 g/mol. The van der Waals surface area contributed by atoms with E-state index in [1.165, 1.54) is 0 Å². The SMILES string of the molecule is CN1CC(NCc2ncccn2)CCC1=O. The van der Waals surface area contributed by atoms with Gasteiger partial charge in [0.05, 0.1) is 6.54 Å². The van der Waals surface area contributed by atoms with Crippen molar-refractivity contribution in [3.8, 4) is 0 Å². The first-order valence-electron chi connectivity index (χ1n) is 5.49. The van der Waals surface area contributed by atoms with Crippen LogP contribution in [0, 0.1) is 0 Å². The van der Waals surface area contributed by atoms with Crippen LogP contribution < -0.4 is 5.32 Å². The largest absolute Gasteiger partial charge is 0.344 e. The van der Waals surface area contributed by atoms with Crippen molar-refractivity contribution in [1.29, 1.82) is 0 Å². The highest BCUT2D eigenvalue weighted by atomic mass is 16.2. The summed E-state index contributed by atoms with van der Waals surface area (Å²) in [5.41, 5.74) is 0. The fourth-order valence-corrected chi connectivity index (χ4v) is 1.84. The quantitative estimate of drug-likeness (QED) is 0.790. The smallest absolute Gasteiger partial charge is 0.222 e. The van der Waals surface area contributed by atoms with Crippen LogP contribution in [0.25, 0.3) is 0 Å². The molecule has 1 saturated heterocycles. The molecule has 0 aliphatic carbocycles. The summed E-state index contributed by atoms with van der Waals surface area (Å²) in [6.45, 7) is 1.43. The maximum absolute atomic E-state index is 11.3. The predicted octanol–water partition coefficient (Wildman–Crippen LogP) is 0.187. The molecule has 1 atom stereocenters. The third-order valence-corrected chi connectivity index (χ3v) is 2.79. The Balaban J connectivity index is 1.81. The maximum atomic E-state index is 11.3. The number of carbonyl (C=O) groups is 1. The summed E-state index contributed by atoms with van der Waals surface area (Å²) in [6.07, 6.45) is 5.00. The van der Waals surface area contributed by atoms with Gasteiger partial charge >= 0.3 is 0 Å². The minimum Gasteiger partial charge on any atom is -0.344 e. The number of nitrogens with one attached hydrogen (secondary N) is 1. The van der Waals surface area contributed by atoms with E-state index in [1.54, 1.807) is 23.4 Å². The van der Waals surface area contributed by atoms with Gasteiger partial charge in [0, 0.05) is 38.4 Å². The fraction of sp³-hybridized carbons (Fsp3) is 0.545. The van der Waals surface area contributed by atoms with Gasteiger partial charge in [-0.05, 0) is 12.5 Å². The van der Waals surface area contributed by atoms with E-state index in [0.29, 0.717) is 19.0 Å². The van der Waals surface area contributed by atoms with Crippen LogP contribution in [0.1, 0.15) is 18.7 Å². The number of hydrogen-bond acceptors (Lipinski definition) is 4. The van der Waals surface area contributed by atoms with Gasteiger partial charge in [-0.25, -0.2) is 9.97 Å². The number of likely N-dealkylation sites (tertiary alicyclic amines) is 1. The summed E-state index contributed by atoms with van der Waals surface area (Å²) in [5.74, 6) is 1.02. The van der Waals surface area contributed by atoms with E-state index in [-0.39, 0.29) is 5.91 Å². The van der Waals surface area contributed by atoms with Crippen LogP contribution in [0.4, 0.5) is 0 Å². The summed E-state index contributed by atoms with van der Waals surface area (Å²) in [5, 5.41) is 3.37. The van der Waals surface area contributed by atoms with Crippen molar-refractivity contribution in [3.05, 3.63) is 24.3 Å². The topological polar surface area (TPSA) is 58.1 Å². The molecule has 0 radical (unpaired) electrons. The molecule has 1 fully saturated rings. The third-order valence-electron chi connectivity index (χ3n) is 2.79. The number of aromatic nitrogens is 2. The Morgan fingerprint density at radius 2 is 2.25 bits per heavy atom. The van der Waals surface area contributed by atoms with Crippen molar-refractivity contribution in [2.24, 2.45) is 0 Å². The summed E-state index contributed by atoms with van der Waals surface area (Å²) in [4.78, 5) is 21.3. The molecule has 16 heavy (non-hydrogen) atoms. The van der Waals surface area contributed by atoms with Crippen molar-refractivity contribution in [2.75, 3.05) is 13.6 Å². The van der Waals surface area contributed by atoms with Crippen LogP contribution in [0.2, 0.25) is 0 Å². The second kappa shape index (κ2) is 5.03. The number of piperidine rings is 1. The summed E-state index contributed by atoms with van der Waals surface area (Å²) in [7, 11) is 1.84. The zero-order valence-electron chi connectivity index (χ0n) is 9.39. The molecule has 1 aliphatic rings. The van der Waals surface area contributed by atoms with Crippen molar-refractivity contribution in [2.45, 2.75) is 25.4 Å². The van der Waals surface area contributed by atoms with E-state index in [9.17, 15) is 4.79 Å². The second-order valence-electron chi connectivity index (χ2n) is 4.06. The van der Waals surface area contributed by atoms with Gasteiger partial charge in [-0.2, -0.15) is 0 Å². The zero-order chi connectivity index (χ0) is 11.4. The Kier molecular flexibility index (Phi) is 3.46. The average Bonchev–Trinajstić information content (AvgIpc) is 2.32. The Hall–Kier alpha value is -1.49. The van der Waals surface area contributed by atoms with Crippen LogP contribution in [0.5, 0.6) is 0 Å². The predicted molar refractivity (Wildman–Crippen MR) is 59.5 cm³/mol. The van der Waals surface area contributed by atoms with Crippen molar-refractivity contribution < 1.29 is 4.79 Å². The molecule has 5 nitrogen and oxygen atoms in total. The van der Waals surface area contributed by atoms with E-state index in [0.717, 1.165) is 18.8 Å². The molecule has 1 aromatic heterocycles. The lowest BCUT2D eigenvalue weighted by Crippen LogP contribution is -2.46. The zero-order valence-corrected chi connectivity index (χ0v) is 9.39. The first-order chi connectivity index (χ1) is 7.75. The van der Waals surface area contributed by atoms with E-state index < -0.39 is 0 Å². The van der Waals surface area contributed by atoms with Crippen LogP contribution in [-0.2, 0) is 11.3 Å². The van der Waals surface area contributed by atoms with Crippen molar-refractivity contribution in [3.63, 3.8) is 0 Å². The van der Waals surface area contributed by atoms with Gasteiger partial charge in [0.25, 0.3) is 0 Å². The van der Waals surface area contributed by atoms with Gasteiger partial charge in [0.1, 0.15) is 5.82 Å². The van der Waals surface area contributed by atoms with Gasteiger partial charge in [0.15, 0.2) is 0 Å². The molecule has 5 heteroatoms. The fourth-order valence-electron chi connectivity index (χ4n) is 1.84. The lowest BCUT2D eigenvalue weighted by atomic mass is 10.1. The van der Waals surface area contributed by atoms with Gasteiger partial charge in [-0.15, -0.1) is 0 Å². The molecule has 0 saturated carbocycles. The van der Waals surface area contributed by atoms with Crippen molar-refractivity contribution in [1.82, 2.24) is 20.2 Å². The van der Waals surface area contributed by atoms with Crippen LogP contribution in [0.3, 0.4) is 0 Å². The normalized spacial score (nSPS) is 21.2. The Labute approximate surface area is 94.9 Å². The highest BCUT2D eigenvalue weighted by Gasteiger charge is 2.22. The number of hydrogen-bond donors (Lipinski definition) is 1. The number of amides is 1. The summed E-state index contributed by atoms with van der Waals surface area (Å²) >= 11 is 0. The van der Waals surface area contributed by atoms with Gasteiger partial charge < -0.3 is 10.2 Å². The Morgan fingerprint density at radius 1 is 1.50 bits per heavy atom. The molecule has 0 aromatic carbocycles. The van der Waals surface area contributed by atoms with Crippen LogP contribution in [0.15, 0.2) is 18.5 Å². The Bertz CT molecular complexity index is 354. The van der Waals surface area contributed by atoms with Crippen LogP contribution in [-0.4, -0.2) is 40.4 Å². The molecule has 1 unspecified atom stereocenters. The third kappa shape index (κ3) is 2.76. The standard InChI is InChI=1S/C11H16N4O/c1-15-8-9(3-4-11(15)16)14-7-10-12-5-2-6-13-10/h2,5-6,9,14H,3-4,7-8H2,1H3. The average molecular weight is 220 g/mol. The maximum Gasteiger partial charge on any atom is 0.222 e. The molecular weight excluding hydrogens is 204 g/mol. The molecule has 1 N–H and O–H groups in total. The van der Waals surface area contributed by atoms with E-state index in [1.807, 2.05) is 7.05 Å². The molecule has 0 spiro atoms. The molecule has 0 bridgehead atoms. The van der Waals surface area contributed by atoms with Crippen LogP contribution >= 0.6 is 0 Å². The molecule has 1 amide bonds. The molecule has 2 rings (SSSR count). The minimum absolute atomic E-state index is 0.231. The molecule has 1 aromatic rings. The molecule has 1 aliphatic heterocycles. The highest BCUT2D eigenvalue weighted by molar-refractivity contribution is 5.76. The molecule has 2 heterocycles. The number of carbonyl (C=O) groups excluding carboxylic acids is 1. The number of nitrogens with zero attached hydrogens (tertiary/aromatic N) is 3. The van der Waals surface area contributed by atoms with E-state index in [4.69, 9.17) is 0 Å². The second-order valence-corrected chi connectivity index (χ2v) is 4.06.